The number of fused-ring (bicyclic) bond motifs is 2. The van der Waals surface area contributed by atoms with Crippen LogP contribution in [0.5, 0.6) is 0 Å². The quantitative estimate of drug-likeness (QED) is 0.0661. The number of urea groups is 1. The molecule has 40 heavy (non-hydrogen) atoms. The normalized spacial score (nSPS) is 29.5. The Kier molecular flexibility index (Phi) is 8.15. The predicted molar refractivity (Wildman–Crippen MR) is 140 cm³/mol. The molecule has 0 aromatic carbocycles. The highest BCUT2D eigenvalue weighted by atomic mass is 32.2. The third-order valence-electron chi connectivity index (χ3n) is 6.99. The summed E-state index contributed by atoms with van der Waals surface area (Å²) in [5, 5.41) is 20.5. The second-order valence-corrected chi connectivity index (χ2v) is 12.4. The number of nitrogens with one attached hydrogen (secondary N) is 5. The van der Waals surface area contributed by atoms with Crippen LogP contribution in [-0.2, 0) is 19.7 Å². The standard InChI is InChI=1S/C20H28N12O6S2/c21-17-15-18(24-7-23-17)32(8-25-15)19-14(29-31-22)16(34)10(38-19)5-26-40(36,37)30-12(33)4-2-1-3-11-13-9(6-39-11)27-20(35)28-13/h7-11,13-14,16,19,22,26,34H,1-6H2,(H4-,21,23,24,27,28,30,33,35)/p+1/t9-,10+,11-,13-,14+,16+,19+/m0/s1. The number of carbonyl (C=O) groups is 2. The number of nitrogen functional groups attached to an aromatic ring is 1. The van der Waals surface area contributed by atoms with Crippen molar-refractivity contribution >= 4 is 50.9 Å². The fourth-order valence-electron chi connectivity index (χ4n) is 5.08. The molecule has 2 aromatic rings. The van der Waals surface area contributed by atoms with Gasteiger partial charge < -0.3 is 26.2 Å². The molecule has 3 fully saturated rings. The van der Waals surface area contributed by atoms with Crippen molar-refractivity contribution in [2.75, 3.05) is 18.0 Å². The van der Waals surface area contributed by atoms with Crippen molar-refractivity contribution in [3.8, 4) is 0 Å². The molecular weight excluding hydrogens is 568 g/mol. The number of imidazole rings is 1. The van der Waals surface area contributed by atoms with Gasteiger partial charge in [-0.15, -0.1) is 0 Å². The first-order valence-electron chi connectivity index (χ1n) is 12.5. The summed E-state index contributed by atoms with van der Waals surface area (Å²) in [5.74, 6) is 0.300. The summed E-state index contributed by atoms with van der Waals surface area (Å²) in [6.07, 6.45) is 1.11. The van der Waals surface area contributed by atoms with Gasteiger partial charge in [-0.3, -0.25) is 9.36 Å². The fourth-order valence-corrected chi connectivity index (χ4v) is 7.48. The van der Waals surface area contributed by atoms with E-state index in [1.54, 1.807) is 11.8 Å². The number of aliphatic hydroxyl groups excluding tert-OH is 1. The second-order valence-electron chi connectivity index (χ2n) is 9.59. The minimum atomic E-state index is -4.25. The number of aliphatic hydroxyl groups is 1. The second kappa shape index (κ2) is 11.6. The summed E-state index contributed by atoms with van der Waals surface area (Å²) in [6.45, 7) is -0.394. The maximum absolute atomic E-state index is 12.5. The summed E-state index contributed by atoms with van der Waals surface area (Å²) in [5.41, 5.74) is 13.5. The Bertz CT molecular complexity index is 1430. The molecule has 0 spiro atoms. The van der Waals surface area contributed by atoms with Crippen molar-refractivity contribution in [2.45, 2.75) is 67.5 Å². The van der Waals surface area contributed by atoms with Crippen molar-refractivity contribution < 1.29 is 27.9 Å². The summed E-state index contributed by atoms with van der Waals surface area (Å²) < 4.78 is 36.4. The molecule has 0 saturated carbocycles. The van der Waals surface area contributed by atoms with Gasteiger partial charge in [0.1, 0.15) is 34.7 Å². The molecule has 216 valence electrons. The number of ether oxygens (including phenoxy) is 1. The summed E-state index contributed by atoms with van der Waals surface area (Å²) in [6, 6.07) is -1.03. The largest absolute Gasteiger partial charge is 0.388 e. The summed E-state index contributed by atoms with van der Waals surface area (Å²) in [4.78, 5) is 38.9. The Labute approximate surface area is 232 Å². The van der Waals surface area contributed by atoms with E-state index in [0.717, 1.165) is 12.2 Å². The number of anilines is 1. The zero-order valence-corrected chi connectivity index (χ0v) is 22.6. The van der Waals surface area contributed by atoms with E-state index in [4.69, 9.17) is 16.0 Å². The maximum atomic E-state index is 12.5. The molecule has 0 radical (unpaired) electrons. The number of thioether (sulfide) groups is 1. The van der Waals surface area contributed by atoms with Crippen LogP contribution < -0.4 is 30.7 Å². The van der Waals surface area contributed by atoms with Crippen molar-refractivity contribution in [3.63, 3.8) is 0 Å². The van der Waals surface area contributed by atoms with Gasteiger partial charge in [0.15, 0.2) is 17.7 Å². The monoisotopic (exact) mass is 597 g/mol. The highest BCUT2D eigenvalue weighted by Crippen LogP contribution is 2.34. The molecule has 8 N–H and O–H groups in total. The molecule has 20 heteroatoms. The van der Waals surface area contributed by atoms with Crippen LogP contribution >= 0.6 is 11.8 Å². The van der Waals surface area contributed by atoms with E-state index in [1.807, 2.05) is 4.72 Å². The molecule has 0 bridgehead atoms. The first kappa shape index (κ1) is 28.1. The Morgan fingerprint density at radius 3 is 2.98 bits per heavy atom. The number of nitrogens with two attached hydrogens (primary N) is 1. The topological polar surface area (TPSA) is 266 Å². The Hall–Kier alpha value is -3.42. The van der Waals surface area contributed by atoms with Gasteiger partial charge in [0.25, 0.3) is 0 Å². The molecule has 0 aliphatic carbocycles. The zero-order chi connectivity index (χ0) is 28.4. The number of unbranched alkanes of at least 4 members (excludes halogenated alkanes) is 1. The van der Waals surface area contributed by atoms with Crippen LogP contribution in [0.4, 0.5) is 10.6 Å². The lowest BCUT2D eigenvalue weighted by atomic mass is 10.0. The van der Waals surface area contributed by atoms with Gasteiger partial charge in [0.05, 0.1) is 18.4 Å². The van der Waals surface area contributed by atoms with Crippen molar-refractivity contribution in [1.29, 1.82) is 5.53 Å². The van der Waals surface area contributed by atoms with Crippen LogP contribution in [0.3, 0.4) is 0 Å². The van der Waals surface area contributed by atoms with E-state index in [9.17, 15) is 23.1 Å². The van der Waals surface area contributed by atoms with Crippen LogP contribution in [0.2, 0.25) is 0 Å². The molecule has 2 aromatic heterocycles. The minimum absolute atomic E-state index is 0.00623. The highest BCUT2D eigenvalue weighted by molar-refractivity contribution is 8.00. The fraction of sp³-hybridized carbons (Fsp3) is 0.650. The molecule has 18 nitrogen and oxygen atoms in total. The first-order chi connectivity index (χ1) is 19.2. The number of amides is 3. The smallest absolute Gasteiger partial charge is 0.315 e. The van der Waals surface area contributed by atoms with E-state index in [1.165, 1.54) is 17.2 Å². The molecular formula is C20H29N12O6S2+. The van der Waals surface area contributed by atoms with Crippen molar-refractivity contribution in [3.05, 3.63) is 12.7 Å². The minimum Gasteiger partial charge on any atom is -0.388 e. The maximum Gasteiger partial charge on any atom is 0.315 e. The van der Waals surface area contributed by atoms with Gasteiger partial charge in [0.2, 0.25) is 16.9 Å². The van der Waals surface area contributed by atoms with E-state index in [2.05, 4.69) is 40.3 Å². The van der Waals surface area contributed by atoms with Crippen molar-refractivity contribution in [1.82, 2.24) is 44.5 Å². The lowest BCUT2D eigenvalue weighted by molar-refractivity contribution is -0.119. The highest BCUT2D eigenvalue weighted by Gasteiger charge is 2.49. The van der Waals surface area contributed by atoms with Gasteiger partial charge >= 0.3 is 16.2 Å². The predicted octanol–water partition coefficient (Wildman–Crippen LogP) is -1.74. The molecule has 7 atom stereocenters. The van der Waals surface area contributed by atoms with Crippen LogP contribution in [0, 0.1) is 5.53 Å². The molecule has 3 amide bonds. The molecule has 3 aliphatic heterocycles. The first-order valence-corrected chi connectivity index (χ1v) is 15.0. The molecule has 5 rings (SSSR count). The van der Waals surface area contributed by atoms with Gasteiger partial charge in [-0.2, -0.15) is 24.9 Å². The average Bonchev–Trinajstić information content (AvgIpc) is 3.65. The summed E-state index contributed by atoms with van der Waals surface area (Å²) >= 11 is 1.77. The van der Waals surface area contributed by atoms with Crippen LogP contribution in [-0.4, -0.2) is 92.9 Å². The third-order valence-corrected chi connectivity index (χ3v) is 9.54. The SMILES string of the molecule is N=[N+]=N[C@@H]1[C@H](O)[C@@H](CNS(=O)(=O)NC(=O)CCCC[C@@H]2SC[C@@H]3NC(=O)N[C@@H]32)O[C@H]1n1cnc2c(N)ncnc21. The molecule has 0 unspecified atom stereocenters. The van der Waals surface area contributed by atoms with Crippen LogP contribution in [0.1, 0.15) is 31.9 Å². The Balaban J connectivity index is 1.11. The van der Waals surface area contributed by atoms with Crippen LogP contribution in [0.25, 0.3) is 11.2 Å². The lowest BCUT2D eigenvalue weighted by Crippen LogP contribution is -2.45. The molecule has 3 aliphatic rings. The molecule has 3 saturated heterocycles. The number of nitrogens with zero attached hydrogens (tertiary/aromatic N) is 6. The van der Waals surface area contributed by atoms with E-state index in [0.29, 0.717) is 24.0 Å². The number of aromatic nitrogens is 4. The number of hydrogen-bond acceptors (Lipinski definition) is 13. The zero-order valence-electron chi connectivity index (χ0n) is 21.0. The number of hydrogen-bond donors (Lipinski definition) is 7. The van der Waals surface area contributed by atoms with Gasteiger partial charge in [-0.05, 0) is 12.8 Å². The number of rotatable bonds is 11. The van der Waals surface area contributed by atoms with Gasteiger partial charge in [-0.1, -0.05) is 6.42 Å². The Morgan fingerprint density at radius 2 is 2.17 bits per heavy atom. The lowest BCUT2D eigenvalue weighted by Gasteiger charge is -2.17. The number of carbonyl (C=O) groups excluding carboxylic acids is 2. The third kappa shape index (κ3) is 5.86. The van der Waals surface area contributed by atoms with E-state index in [-0.39, 0.29) is 35.6 Å². The van der Waals surface area contributed by atoms with Gasteiger partial charge in [0, 0.05) is 24.0 Å². The summed E-state index contributed by atoms with van der Waals surface area (Å²) in [7, 11) is -4.25. The van der Waals surface area contributed by atoms with Gasteiger partial charge in [-0.25, -0.2) is 24.5 Å². The molecule has 5 heterocycles. The van der Waals surface area contributed by atoms with Crippen molar-refractivity contribution in [2.24, 2.45) is 5.11 Å². The van der Waals surface area contributed by atoms with E-state index >= 15 is 0 Å². The van der Waals surface area contributed by atoms with E-state index < -0.39 is 47.1 Å². The average molecular weight is 598 g/mol. The Morgan fingerprint density at radius 1 is 1.35 bits per heavy atom. The van der Waals surface area contributed by atoms with Crippen LogP contribution in [0.15, 0.2) is 17.8 Å².